The van der Waals surface area contributed by atoms with E-state index in [1.165, 1.54) is 0 Å². The van der Waals surface area contributed by atoms with Crippen molar-refractivity contribution in [1.82, 2.24) is 10.6 Å². The maximum absolute atomic E-state index is 11.5. The standard InChI is InChI=1S/C17H26N2O8/c1-4-14(20)24-11-8-18-16(22)26-10-6-7-13(3)27-17(23)19-9-12-25-15(21)5-2/h4-5,13H,1-2,6-12H2,3H3,(H,18,22)(H,19,23). The van der Waals surface area contributed by atoms with Crippen LogP contribution < -0.4 is 10.6 Å². The summed E-state index contributed by atoms with van der Waals surface area (Å²) < 4.78 is 19.4. The zero-order valence-corrected chi connectivity index (χ0v) is 15.4. The van der Waals surface area contributed by atoms with Crippen LogP contribution in [0.25, 0.3) is 0 Å². The van der Waals surface area contributed by atoms with Gasteiger partial charge in [0, 0.05) is 12.2 Å². The fourth-order valence-corrected chi connectivity index (χ4v) is 1.60. The number of rotatable bonds is 13. The van der Waals surface area contributed by atoms with Crippen molar-refractivity contribution in [2.75, 3.05) is 32.9 Å². The minimum Gasteiger partial charge on any atom is -0.461 e. The molecule has 0 spiro atoms. The summed E-state index contributed by atoms with van der Waals surface area (Å²) in [7, 11) is 0. The van der Waals surface area contributed by atoms with Crippen molar-refractivity contribution in [2.45, 2.75) is 25.9 Å². The van der Waals surface area contributed by atoms with Gasteiger partial charge in [0.15, 0.2) is 0 Å². The van der Waals surface area contributed by atoms with Gasteiger partial charge in [-0.05, 0) is 19.8 Å². The van der Waals surface area contributed by atoms with E-state index >= 15 is 0 Å². The van der Waals surface area contributed by atoms with Crippen molar-refractivity contribution < 1.29 is 38.1 Å². The van der Waals surface area contributed by atoms with Crippen LogP contribution in [0.5, 0.6) is 0 Å². The highest BCUT2D eigenvalue weighted by Gasteiger charge is 2.10. The van der Waals surface area contributed by atoms with Crippen LogP contribution >= 0.6 is 0 Å². The van der Waals surface area contributed by atoms with Crippen LogP contribution in [0.4, 0.5) is 9.59 Å². The van der Waals surface area contributed by atoms with Gasteiger partial charge < -0.3 is 29.6 Å². The second kappa shape index (κ2) is 15.2. The second-order valence-corrected chi connectivity index (χ2v) is 5.09. The van der Waals surface area contributed by atoms with Gasteiger partial charge in [0.25, 0.3) is 0 Å². The van der Waals surface area contributed by atoms with Gasteiger partial charge in [0.2, 0.25) is 0 Å². The number of ether oxygens (including phenoxy) is 4. The Kier molecular flexibility index (Phi) is 13.5. The smallest absolute Gasteiger partial charge is 0.407 e. The molecule has 0 aliphatic heterocycles. The molecule has 27 heavy (non-hydrogen) atoms. The van der Waals surface area contributed by atoms with Crippen LogP contribution in [0.2, 0.25) is 0 Å². The average Bonchev–Trinajstić information content (AvgIpc) is 2.65. The van der Waals surface area contributed by atoms with Gasteiger partial charge in [-0.25, -0.2) is 19.2 Å². The van der Waals surface area contributed by atoms with Gasteiger partial charge in [0.05, 0.1) is 19.7 Å². The lowest BCUT2D eigenvalue weighted by molar-refractivity contribution is -0.138. The van der Waals surface area contributed by atoms with Crippen LogP contribution in [0.15, 0.2) is 25.3 Å². The van der Waals surface area contributed by atoms with E-state index in [0.717, 1.165) is 12.2 Å². The van der Waals surface area contributed by atoms with Crippen LogP contribution in [0.3, 0.4) is 0 Å². The lowest BCUT2D eigenvalue weighted by Gasteiger charge is -2.14. The molecule has 2 N–H and O–H groups in total. The average molecular weight is 386 g/mol. The number of carbonyl (C=O) groups excluding carboxylic acids is 4. The summed E-state index contributed by atoms with van der Waals surface area (Å²) >= 11 is 0. The maximum atomic E-state index is 11.5. The van der Waals surface area contributed by atoms with Crippen molar-refractivity contribution in [3.63, 3.8) is 0 Å². The molecule has 0 rings (SSSR count). The highest BCUT2D eigenvalue weighted by Crippen LogP contribution is 2.02. The van der Waals surface area contributed by atoms with Crippen LogP contribution in [0.1, 0.15) is 19.8 Å². The molecule has 0 aliphatic carbocycles. The Morgan fingerprint density at radius 1 is 0.852 bits per heavy atom. The Bertz CT molecular complexity index is 521. The van der Waals surface area contributed by atoms with Gasteiger partial charge in [-0.2, -0.15) is 0 Å². The molecule has 1 unspecified atom stereocenters. The summed E-state index contributed by atoms with van der Waals surface area (Å²) in [6.45, 7) is 8.62. The van der Waals surface area contributed by atoms with Crippen molar-refractivity contribution >= 4 is 24.1 Å². The minimum atomic E-state index is -0.634. The lowest BCUT2D eigenvalue weighted by Crippen LogP contribution is -2.31. The fraction of sp³-hybridized carbons (Fsp3) is 0.529. The molecular weight excluding hydrogens is 360 g/mol. The second-order valence-electron chi connectivity index (χ2n) is 5.09. The Morgan fingerprint density at radius 2 is 1.37 bits per heavy atom. The monoisotopic (exact) mass is 386 g/mol. The quantitative estimate of drug-likeness (QED) is 0.208. The van der Waals surface area contributed by atoms with Gasteiger partial charge in [-0.3, -0.25) is 0 Å². The van der Waals surface area contributed by atoms with Gasteiger partial charge in [-0.1, -0.05) is 13.2 Å². The molecule has 10 heteroatoms. The van der Waals surface area contributed by atoms with Gasteiger partial charge >= 0.3 is 24.1 Å². The van der Waals surface area contributed by atoms with Crippen molar-refractivity contribution in [3.8, 4) is 0 Å². The molecule has 2 amide bonds. The predicted octanol–water partition coefficient (Wildman–Crippen LogP) is 1.07. The number of amides is 2. The molecular formula is C17H26N2O8. The summed E-state index contributed by atoms with van der Waals surface area (Å²) in [6.07, 6.45) is 1.38. The third-order valence-corrected chi connectivity index (χ3v) is 2.86. The third kappa shape index (κ3) is 15.0. The normalized spacial score (nSPS) is 10.7. The van der Waals surface area contributed by atoms with E-state index in [2.05, 4.69) is 28.5 Å². The SMILES string of the molecule is C=CC(=O)OCCNC(=O)OCCCC(C)OC(=O)NCCOC(=O)C=C. The van der Waals surface area contributed by atoms with Crippen LogP contribution in [-0.4, -0.2) is 63.1 Å². The molecule has 0 aliphatic rings. The van der Waals surface area contributed by atoms with E-state index in [-0.39, 0.29) is 39.0 Å². The summed E-state index contributed by atoms with van der Waals surface area (Å²) in [5.41, 5.74) is 0. The molecule has 0 heterocycles. The minimum absolute atomic E-state index is 0.0179. The fourth-order valence-electron chi connectivity index (χ4n) is 1.60. The maximum Gasteiger partial charge on any atom is 0.407 e. The highest BCUT2D eigenvalue weighted by molar-refractivity contribution is 5.81. The molecule has 0 aromatic heterocycles. The van der Waals surface area contributed by atoms with Gasteiger partial charge in [-0.15, -0.1) is 0 Å². The number of alkyl carbamates (subject to hydrolysis) is 2. The number of hydrogen-bond acceptors (Lipinski definition) is 8. The highest BCUT2D eigenvalue weighted by atomic mass is 16.6. The predicted molar refractivity (Wildman–Crippen MR) is 94.8 cm³/mol. The van der Waals surface area contributed by atoms with E-state index in [1.807, 2.05) is 0 Å². The summed E-state index contributed by atoms with van der Waals surface area (Å²) in [6, 6.07) is 0. The first-order chi connectivity index (χ1) is 12.9. The van der Waals surface area contributed by atoms with Crippen LogP contribution in [-0.2, 0) is 28.5 Å². The van der Waals surface area contributed by atoms with E-state index in [0.29, 0.717) is 12.8 Å². The van der Waals surface area contributed by atoms with E-state index < -0.39 is 24.1 Å². The molecule has 0 aromatic carbocycles. The largest absolute Gasteiger partial charge is 0.461 e. The Hall–Kier alpha value is -3.04. The first kappa shape index (κ1) is 24.0. The molecule has 0 fully saturated rings. The van der Waals surface area contributed by atoms with E-state index in [9.17, 15) is 19.2 Å². The molecule has 0 saturated carbocycles. The summed E-state index contributed by atoms with van der Waals surface area (Å²) in [5.74, 6) is -1.14. The molecule has 152 valence electrons. The van der Waals surface area contributed by atoms with Crippen molar-refractivity contribution in [3.05, 3.63) is 25.3 Å². The van der Waals surface area contributed by atoms with E-state index in [4.69, 9.17) is 14.2 Å². The zero-order chi connectivity index (χ0) is 20.5. The Balaban J connectivity index is 3.62. The molecule has 0 aromatic rings. The third-order valence-electron chi connectivity index (χ3n) is 2.86. The Labute approximate surface area is 157 Å². The molecule has 1 atom stereocenters. The molecule has 10 nitrogen and oxygen atoms in total. The number of esters is 2. The summed E-state index contributed by atoms with van der Waals surface area (Å²) in [5, 5.41) is 4.85. The van der Waals surface area contributed by atoms with Crippen molar-refractivity contribution in [1.29, 1.82) is 0 Å². The first-order valence-electron chi connectivity index (χ1n) is 8.32. The van der Waals surface area contributed by atoms with Gasteiger partial charge in [0.1, 0.15) is 19.3 Å². The first-order valence-corrected chi connectivity index (χ1v) is 8.32. The molecule has 0 radical (unpaired) electrons. The summed E-state index contributed by atoms with van der Waals surface area (Å²) in [4.78, 5) is 44.4. The zero-order valence-electron chi connectivity index (χ0n) is 15.4. The molecule has 0 bridgehead atoms. The van der Waals surface area contributed by atoms with Crippen molar-refractivity contribution in [2.24, 2.45) is 0 Å². The Morgan fingerprint density at radius 3 is 1.89 bits per heavy atom. The lowest BCUT2D eigenvalue weighted by atomic mass is 10.2. The number of nitrogens with one attached hydrogen (secondary N) is 2. The topological polar surface area (TPSA) is 129 Å². The van der Waals surface area contributed by atoms with E-state index in [1.54, 1.807) is 6.92 Å². The number of carbonyl (C=O) groups is 4. The molecule has 0 saturated heterocycles. The van der Waals surface area contributed by atoms with Crippen LogP contribution in [0, 0.1) is 0 Å². The number of hydrogen-bond donors (Lipinski definition) is 2.